The Morgan fingerprint density at radius 2 is 1.76 bits per heavy atom. The molecule has 2 atom stereocenters. The molecule has 0 saturated carbocycles. The second-order valence-electron chi connectivity index (χ2n) is 4.96. The molecule has 0 spiro atoms. The first kappa shape index (κ1) is 16.1. The van der Waals surface area contributed by atoms with Crippen molar-refractivity contribution >= 4 is 32.5 Å². The van der Waals surface area contributed by atoms with Crippen molar-refractivity contribution in [3.8, 4) is 0 Å². The first-order valence-corrected chi connectivity index (χ1v) is 8.88. The highest BCUT2D eigenvalue weighted by molar-refractivity contribution is 9.10. The van der Waals surface area contributed by atoms with E-state index in [4.69, 9.17) is 0 Å². The molecule has 0 aliphatic carbocycles. The fourth-order valence-corrected chi connectivity index (χ4v) is 3.54. The van der Waals surface area contributed by atoms with Crippen molar-refractivity contribution < 1.29 is 9.00 Å². The average Bonchev–Trinajstić information content (AvgIpc) is 2.49. The van der Waals surface area contributed by atoms with Crippen LogP contribution in [0.4, 0.5) is 0 Å². The zero-order valence-electron chi connectivity index (χ0n) is 12.0. The molecule has 2 aromatic rings. The van der Waals surface area contributed by atoms with Gasteiger partial charge in [-0.1, -0.05) is 52.3 Å². The lowest BCUT2D eigenvalue weighted by molar-refractivity contribution is 0.0992. The van der Waals surface area contributed by atoms with E-state index in [2.05, 4.69) is 15.9 Å². The molecule has 0 amide bonds. The maximum absolute atomic E-state index is 12.4. The molecule has 110 valence electrons. The number of carbonyl (C=O) groups is 1. The summed E-state index contributed by atoms with van der Waals surface area (Å²) in [6, 6.07) is 15.0. The first-order valence-electron chi connectivity index (χ1n) is 6.70. The Bertz CT molecular complexity index is 665. The number of ketones is 1. The number of rotatable bonds is 5. The average molecular weight is 365 g/mol. The minimum absolute atomic E-state index is 0.0746. The fourth-order valence-electron chi connectivity index (χ4n) is 2.02. The van der Waals surface area contributed by atoms with Crippen LogP contribution in [0.5, 0.6) is 0 Å². The third-order valence-corrected chi connectivity index (χ3v) is 5.58. The molecule has 4 heteroatoms. The van der Waals surface area contributed by atoms with Crippen LogP contribution in [0.2, 0.25) is 0 Å². The molecule has 0 fully saturated rings. The molecule has 0 aliphatic rings. The van der Waals surface area contributed by atoms with Crippen molar-refractivity contribution in [2.24, 2.45) is 0 Å². The number of hydrogen-bond acceptors (Lipinski definition) is 2. The zero-order chi connectivity index (χ0) is 15.4. The molecule has 2 nitrogen and oxygen atoms in total. The minimum Gasteiger partial charge on any atom is -0.293 e. The van der Waals surface area contributed by atoms with E-state index in [1.54, 1.807) is 19.1 Å². The molecule has 0 aromatic heterocycles. The van der Waals surface area contributed by atoms with Crippen LogP contribution < -0.4 is 0 Å². The quantitative estimate of drug-likeness (QED) is 0.742. The van der Waals surface area contributed by atoms with Crippen molar-refractivity contribution in [2.45, 2.75) is 24.9 Å². The number of aryl methyl sites for hydroxylation is 1. The van der Waals surface area contributed by atoms with Crippen LogP contribution in [-0.2, 0) is 16.6 Å². The minimum atomic E-state index is -1.22. The van der Waals surface area contributed by atoms with Crippen LogP contribution >= 0.6 is 15.9 Å². The topological polar surface area (TPSA) is 34.1 Å². The number of halogens is 1. The Kier molecular flexibility index (Phi) is 5.48. The predicted octanol–water partition coefficient (Wildman–Crippen LogP) is 4.28. The molecule has 0 bridgehead atoms. The highest BCUT2D eigenvalue weighted by Gasteiger charge is 2.21. The lowest BCUT2D eigenvalue weighted by Crippen LogP contribution is -2.24. The summed E-state index contributed by atoms with van der Waals surface area (Å²) in [6.07, 6.45) is 0. The Labute approximate surface area is 136 Å². The van der Waals surface area contributed by atoms with Gasteiger partial charge >= 0.3 is 0 Å². The molecular formula is C17H17BrO2S. The van der Waals surface area contributed by atoms with Gasteiger partial charge in [-0.3, -0.25) is 9.00 Å². The summed E-state index contributed by atoms with van der Waals surface area (Å²) in [5.41, 5.74) is 2.74. The molecule has 21 heavy (non-hydrogen) atoms. The van der Waals surface area contributed by atoms with E-state index in [0.29, 0.717) is 11.3 Å². The van der Waals surface area contributed by atoms with Crippen molar-refractivity contribution in [1.29, 1.82) is 0 Å². The van der Waals surface area contributed by atoms with Gasteiger partial charge in [-0.05, 0) is 37.1 Å². The Morgan fingerprint density at radius 1 is 1.14 bits per heavy atom. The molecule has 2 aromatic carbocycles. The SMILES string of the molecule is Cc1ccccc1CS(=O)C(C)C(=O)c1ccc(Br)cc1. The molecule has 0 N–H and O–H groups in total. The molecule has 2 unspecified atom stereocenters. The highest BCUT2D eigenvalue weighted by Crippen LogP contribution is 2.17. The van der Waals surface area contributed by atoms with Crippen LogP contribution in [0.25, 0.3) is 0 Å². The summed E-state index contributed by atoms with van der Waals surface area (Å²) < 4.78 is 13.4. The van der Waals surface area contributed by atoms with Crippen LogP contribution in [0.3, 0.4) is 0 Å². The van der Waals surface area contributed by atoms with E-state index in [0.717, 1.165) is 15.6 Å². The standard InChI is InChI=1S/C17H17BrO2S/c1-12-5-3-4-6-15(12)11-21(20)13(2)17(19)14-7-9-16(18)10-8-14/h3-10,13H,11H2,1-2H3. The second kappa shape index (κ2) is 7.14. The predicted molar refractivity (Wildman–Crippen MR) is 91.0 cm³/mol. The maximum Gasteiger partial charge on any atom is 0.178 e. The molecule has 0 radical (unpaired) electrons. The third-order valence-electron chi connectivity index (χ3n) is 3.45. The fraction of sp³-hybridized carbons (Fsp3) is 0.235. The molecule has 0 saturated heterocycles. The van der Waals surface area contributed by atoms with Crippen LogP contribution in [0.15, 0.2) is 53.0 Å². The Hall–Kier alpha value is -1.26. The van der Waals surface area contributed by atoms with Crippen LogP contribution in [0.1, 0.15) is 28.4 Å². The van der Waals surface area contributed by atoms with E-state index in [1.165, 1.54) is 0 Å². The van der Waals surface area contributed by atoms with Gasteiger partial charge in [0.05, 0.1) is 5.25 Å². The van der Waals surface area contributed by atoms with Crippen molar-refractivity contribution in [3.05, 3.63) is 69.7 Å². The van der Waals surface area contributed by atoms with E-state index in [-0.39, 0.29) is 5.78 Å². The summed E-state index contributed by atoms with van der Waals surface area (Å²) >= 11 is 3.34. The number of benzene rings is 2. The van der Waals surface area contributed by atoms with Gasteiger partial charge < -0.3 is 0 Å². The number of hydrogen-bond donors (Lipinski definition) is 0. The van der Waals surface area contributed by atoms with Gasteiger partial charge in [0, 0.05) is 26.6 Å². The monoisotopic (exact) mass is 364 g/mol. The summed E-state index contributed by atoms with van der Waals surface area (Å²) in [7, 11) is -1.22. The zero-order valence-corrected chi connectivity index (χ0v) is 14.4. The molecule has 0 heterocycles. The van der Waals surface area contributed by atoms with E-state index >= 15 is 0 Å². The maximum atomic E-state index is 12.4. The van der Waals surface area contributed by atoms with Gasteiger partial charge in [0.1, 0.15) is 0 Å². The second-order valence-corrected chi connectivity index (χ2v) is 7.64. The van der Waals surface area contributed by atoms with E-state index in [9.17, 15) is 9.00 Å². The normalized spacial score (nSPS) is 13.7. The number of carbonyl (C=O) groups excluding carboxylic acids is 1. The summed E-state index contributed by atoms with van der Waals surface area (Å²) in [6.45, 7) is 3.73. The molecule has 0 aliphatic heterocycles. The summed E-state index contributed by atoms with van der Waals surface area (Å²) in [5.74, 6) is 0.338. The largest absolute Gasteiger partial charge is 0.293 e. The first-order chi connectivity index (χ1) is 9.99. The van der Waals surface area contributed by atoms with Gasteiger partial charge in [-0.25, -0.2) is 0 Å². The van der Waals surface area contributed by atoms with Crippen molar-refractivity contribution in [3.63, 3.8) is 0 Å². The molecule has 2 rings (SSSR count). The smallest absolute Gasteiger partial charge is 0.178 e. The van der Waals surface area contributed by atoms with Crippen molar-refractivity contribution in [1.82, 2.24) is 0 Å². The van der Waals surface area contributed by atoms with Gasteiger partial charge in [-0.15, -0.1) is 0 Å². The van der Waals surface area contributed by atoms with Gasteiger partial charge in [0.15, 0.2) is 5.78 Å². The van der Waals surface area contributed by atoms with E-state index < -0.39 is 16.0 Å². The van der Waals surface area contributed by atoms with Gasteiger partial charge in [-0.2, -0.15) is 0 Å². The van der Waals surface area contributed by atoms with E-state index in [1.807, 2.05) is 43.3 Å². The van der Waals surface area contributed by atoms with Crippen LogP contribution in [-0.4, -0.2) is 15.2 Å². The molecular weight excluding hydrogens is 348 g/mol. The van der Waals surface area contributed by atoms with Crippen LogP contribution in [0, 0.1) is 6.92 Å². The Balaban J connectivity index is 2.10. The highest BCUT2D eigenvalue weighted by atomic mass is 79.9. The lowest BCUT2D eigenvalue weighted by atomic mass is 10.1. The summed E-state index contributed by atoms with van der Waals surface area (Å²) in [4.78, 5) is 12.4. The van der Waals surface area contributed by atoms with Crippen molar-refractivity contribution in [2.75, 3.05) is 0 Å². The Morgan fingerprint density at radius 3 is 2.38 bits per heavy atom. The number of Topliss-reactive ketones (excluding diaryl/α,β-unsaturated/α-hetero) is 1. The lowest BCUT2D eigenvalue weighted by Gasteiger charge is -2.12. The third kappa shape index (κ3) is 4.11. The van der Waals surface area contributed by atoms with Gasteiger partial charge in [0.2, 0.25) is 0 Å². The van der Waals surface area contributed by atoms with Gasteiger partial charge in [0.25, 0.3) is 0 Å². The summed E-state index contributed by atoms with van der Waals surface area (Å²) in [5, 5.41) is -0.509.